The fourth-order valence-electron chi connectivity index (χ4n) is 2.23. The molecule has 0 radical (unpaired) electrons. The molecular weight excluding hydrogens is 341 g/mol. The van der Waals surface area contributed by atoms with Crippen LogP contribution in [0.15, 0.2) is 15.9 Å². The van der Waals surface area contributed by atoms with Gasteiger partial charge in [-0.2, -0.15) is 0 Å². The zero-order chi connectivity index (χ0) is 12.9. The molecule has 0 saturated heterocycles. The number of amides is 1. The normalized spacial score (nSPS) is 31.2. The van der Waals surface area contributed by atoms with E-state index in [9.17, 15) is 14.7 Å². The summed E-state index contributed by atoms with van der Waals surface area (Å²) in [7, 11) is 0. The van der Waals surface area contributed by atoms with Gasteiger partial charge in [0.15, 0.2) is 0 Å². The minimum Gasteiger partial charge on any atom is -0.550 e. The van der Waals surface area contributed by atoms with Crippen LogP contribution in [0.5, 0.6) is 0 Å². The number of carboxylic acids is 1. The first-order valence-electron chi connectivity index (χ1n) is 5.82. The molecule has 0 aromatic carbocycles. The third-order valence-corrected chi connectivity index (χ3v) is 5.26. The molecule has 2 fully saturated rings. The number of hydrogen-bond acceptors (Lipinski definition) is 4. The summed E-state index contributed by atoms with van der Waals surface area (Å²) in [6, 6.07) is 4.24. The molecule has 2 aliphatic rings. The van der Waals surface area contributed by atoms with Crippen LogP contribution in [-0.2, 0) is 9.59 Å². The van der Waals surface area contributed by atoms with Gasteiger partial charge in [-0.15, -0.1) is 11.3 Å². The third-order valence-electron chi connectivity index (χ3n) is 3.51. The molecule has 2 aliphatic carbocycles. The van der Waals surface area contributed by atoms with Crippen molar-refractivity contribution in [2.24, 2.45) is 11.8 Å². The molecule has 4 atom stereocenters. The van der Waals surface area contributed by atoms with Gasteiger partial charge < -0.3 is 15.2 Å². The molecule has 3 rings (SSSR count). The average molecular weight is 352 g/mol. The number of carboxylic acid groups (broad SMARTS) is 1. The van der Waals surface area contributed by atoms with Crippen LogP contribution >= 0.6 is 27.3 Å². The number of hydrogen-bond donors (Lipinski definition) is 1. The molecule has 0 unspecified atom stereocenters. The molecular formula is C12H11BrNNaO3S. The van der Waals surface area contributed by atoms with Crippen molar-refractivity contribution in [3.63, 3.8) is 0 Å². The second-order valence-electron chi connectivity index (χ2n) is 4.87. The minimum atomic E-state index is -1.11. The summed E-state index contributed by atoms with van der Waals surface area (Å²) in [6.07, 6.45) is 1.37. The topological polar surface area (TPSA) is 69.2 Å². The number of rotatable bonds is 4. The van der Waals surface area contributed by atoms with Gasteiger partial charge in [-0.25, -0.2) is 0 Å². The first-order valence-corrected chi connectivity index (χ1v) is 7.43. The Hall–Kier alpha value is 0.120. The summed E-state index contributed by atoms with van der Waals surface area (Å²) in [6.45, 7) is 0. The summed E-state index contributed by atoms with van der Waals surface area (Å²) in [5.74, 6) is -1.79. The molecule has 1 heterocycles. The summed E-state index contributed by atoms with van der Waals surface area (Å²) in [4.78, 5) is 23.6. The van der Waals surface area contributed by atoms with Crippen LogP contribution in [0, 0.1) is 11.8 Å². The van der Waals surface area contributed by atoms with Gasteiger partial charge in [0.25, 0.3) is 0 Å². The minimum absolute atomic E-state index is 0. The first kappa shape index (κ1) is 15.5. The van der Waals surface area contributed by atoms with E-state index in [0.29, 0.717) is 12.3 Å². The van der Waals surface area contributed by atoms with Crippen molar-refractivity contribution in [2.75, 3.05) is 0 Å². The maximum Gasteiger partial charge on any atom is 1.00 e. The van der Waals surface area contributed by atoms with Crippen molar-refractivity contribution in [1.29, 1.82) is 0 Å². The van der Waals surface area contributed by atoms with Gasteiger partial charge in [0.2, 0.25) is 5.91 Å². The summed E-state index contributed by atoms with van der Waals surface area (Å²) >= 11 is 5.09. The van der Waals surface area contributed by atoms with Crippen molar-refractivity contribution >= 4 is 39.1 Å². The van der Waals surface area contributed by atoms with E-state index in [1.54, 1.807) is 11.3 Å². The first-order chi connectivity index (χ1) is 8.56. The fourth-order valence-corrected chi connectivity index (χ4v) is 3.83. The molecule has 0 bridgehead atoms. The fraction of sp³-hybridized carbons (Fsp3) is 0.500. The molecule has 2 saturated carbocycles. The van der Waals surface area contributed by atoms with E-state index in [-0.39, 0.29) is 47.4 Å². The van der Waals surface area contributed by atoms with Gasteiger partial charge in [0.1, 0.15) is 0 Å². The maximum absolute atomic E-state index is 11.7. The summed E-state index contributed by atoms with van der Waals surface area (Å²) in [5.41, 5.74) is 0. The van der Waals surface area contributed by atoms with Gasteiger partial charge in [0.05, 0.1) is 3.79 Å². The largest absolute Gasteiger partial charge is 1.00 e. The summed E-state index contributed by atoms with van der Waals surface area (Å²) in [5, 5.41) is 13.5. The van der Waals surface area contributed by atoms with Gasteiger partial charge >= 0.3 is 29.6 Å². The Morgan fingerprint density at radius 2 is 2.05 bits per heavy atom. The molecule has 1 aromatic rings. The third kappa shape index (κ3) is 3.42. The Bertz CT molecular complexity index is 521. The predicted molar refractivity (Wildman–Crippen MR) is 67.9 cm³/mol. The van der Waals surface area contributed by atoms with Crippen molar-refractivity contribution in [3.05, 3.63) is 20.8 Å². The smallest absolute Gasteiger partial charge is 0.550 e. The second kappa shape index (κ2) is 5.85. The van der Waals surface area contributed by atoms with Gasteiger partial charge in [-0.1, -0.05) is 0 Å². The van der Waals surface area contributed by atoms with Crippen molar-refractivity contribution in [1.82, 2.24) is 5.32 Å². The molecule has 0 spiro atoms. The molecule has 1 N–H and O–H groups in total. The van der Waals surface area contributed by atoms with Gasteiger partial charge in [-0.3, -0.25) is 4.79 Å². The van der Waals surface area contributed by atoms with Crippen LogP contribution in [0.3, 0.4) is 0 Å². The quantitative estimate of drug-likeness (QED) is 0.630. The van der Waals surface area contributed by atoms with E-state index >= 15 is 0 Å². The van der Waals surface area contributed by atoms with Crippen LogP contribution in [-0.4, -0.2) is 17.9 Å². The molecule has 19 heavy (non-hydrogen) atoms. The van der Waals surface area contributed by atoms with Crippen molar-refractivity contribution in [2.45, 2.75) is 24.8 Å². The maximum atomic E-state index is 11.7. The van der Waals surface area contributed by atoms with Gasteiger partial charge in [0, 0.05) is 34.6 Å². The van der Waals surface area contributed by atoms with E-state index in [0.717, 1.165) is 10.2 Å². The monoisotopic (exact) mass is 351 g/mol. The Balaban J connectivity index is 0.00000133. The number of halogens is 1. The van der Waals surface area contributed by atoms with Crippen LogP contribution in [0.1, 0.15) is 23.6 Å². The van der Waals surface area contributed by atoms with E-state index in [2.05, 4.69) is 27.3 Å². The van der Waals surface area contributed by atoms with Gasteiger partial charge in [-0.05, 0) is 40.9 Å². The Kier molecular flexibility index (Phi) is 4.78. The van der Waals surface area contributed by atoms with E-state index in [1.165, 1.54) is 4.88 Å². The molecule has 1 aromatic heterocycles. The van der Waals surface area contributed by atoms with Crippen LogP contribution < -0.4 is 40.0 Å². The van der Waals surface area contributed by atoms with Crippen LogP contribution in [0.2, 0.25) is 0 Å². The molecule has 0 aliphatic heterocycles. The Labute approximate surface area is 145 Å². The number of aliphatic carboxylic acids is 1. The van der Waals surface area contributed by atoms with Crippen LogP contribution in [0.25, 0.3) is 0 Å². The second-order valence-corrected chi connectivity index (χ2v) is 7.36. The van der Waals surface area contributed by atoms with Crippen molar-refractivity contribution < 1.29 is 44.3 Å². The molecule has 1 amide bonds. The number of carbonyl (C=O) groups is 2. The Morgan fingerprint density at radius 1 is 1.32 bits per heavy atom. The zero-order valence-corrected chi connectivity index (χ0v) is 14.8. The molecule has 96 valence electrons. The van der Waals surface area contributed by atoms with Crippen LogP contribution in [0.4, 0.5) is 0 Å². The van der Waals surface area contributed by atoms with E-state index in [1.807, 2.05) is 6.07 Å². The standard InChI is InChI=1S/C12H12BrNO3S.Na/c13-10-2-1-9(18-10)7-4-8(7)14-11(15)5-3-6(5)12(16)17;/h1-2,5-8H,3-4H2,(H,14,15)(H,16,17);/q;+1/p-1/t5-,6+,7+,8+;/m0./s1. The number of nitrogens with one attached hydrogen (secondary N) is 1. The van der Waals surface area contributed by atoms with E-state index in [4.69, 9.17) is 0 Å². The molecule has 7 heteroatoms. The number of carbonyl (C=O) groups excluding carboxylic acids is 2. The zero-order valence-electron chi connectivity index (χ0n) is 10.4. The number of thiophene rings is 1. The predicted octanol–water partition coefficient (Wildman–Crippen LogP) is -2.13. The summed E-state index contributed by atoms with van der Waals surface area (Å²) < 4.78 is 1.09. The Morgan fingerprint density at radius 3 is 2.58 bits per heavy atom. The van der Waals surface area contributed by atoms with Crippen molar-refractivity contribution in [3.8, 4) is 0 Å². The molecule has 4 nitrogen and oxygen atoms in total. The average Bonchev–Trinajstić information content (AvgIpc) is 3.18. The SMILES string of the molecule is O=C(N[C@@H]1C[C@H]1c1ccc(Br)s1)[C@H]1C[C@H]1C(=O)[O-].[Na+]. The van der Waals surface area contributed by atoms with E-state index < -0.39 is 11.9 Å².